The standard InChI is InChI=1S/C23H27N7O2/c1-15(2)23(3,18-6-7-19(25-13-18)16-5-8-20(24)26-11-16)22-28-21(32-29-22)17-12-27-30(14-17)9-10-31-4/h5-8,11-15H,9-10H2,1-4H3,(H2,24,26). The normalized spacial score (nSPS) is 13.4. The maximum Gasteiger partial charge on any atom is 0.261 e. The Morgan fingerprint density at radius 2 is 1.94 bits per heavy atom. The highest BCUT2D eigenvalue weighted by atomic mass is 16.5. The molecule has 2 N–H and O–H groups in total. The van der Waals surface area contributed by atoms with E-state index in [0.29, 0.717) is 30.7 Å². The van der Waals surface area contributed by atoms with Gasteiger partial charge in [-0.1, -0.05) is 25.1 Å². The maximum absolute atomic E-state index is 5.69. The van der Waals surface area contributed by atoms with Crippen molar-refractivity contribution in [1.29, 1.82) is 0 Å². The van der Waals surface area contributed by atoms with Gasteiger partial charge in [0.15, 0.2) is 5.82 Å². The summed E-state index contributed by atoms with van der Waals surface area (Å²) in [4.78, 5) is 13.5. The van der Waals surface area contributed by atoms with Crippen molar-refractivity contribution in [1.82, 2.24) is 29.9 Å². The number of hydrogen-bond acceptors (Lipinski definition) is 8. The lowest BCUT2D eigenvalue weighted by molar-refractivity contribution is 0.183. The average molecular weight is 434 g/mol. The minimum Gasteiger partial charge on any atom is -0.384 e. The smallest absolute Gasteiger partial charge is 0.261 e. The first kappa shape index (κ1) is 21.6. The molecule has 1 unspecified atom stereocenters. The van der Waals surface area contributed by atoms with Crippen LogP contribution in [-0.4, -0.2) is 43.6 Å². The minimum absolute atomic E-state index is 0.197. The first-order valence-electron chi connectivity index (χ1n) is 10.5. The fraction of sp³-hybridized carbons (Fsp3) is 0.348. The highest BCUT2D eigenvalue weighted by Gasteiger charge is 2.38. The quantitative estimate of drug-likeness (QED) is 0.448. The van der Waals surface area contributed by atoms with E-state index < -0.39 is 5.41 Å². The van der Waals surface area contributed by atoms with Gasteiger partial charge in [-0.15, -0.1) is 0 Å². The molecule has 1 atom stereocenters. The summed E-state index contributed by atoms with van der Waals surface area (Å²) in [6, 6.07) is 7.70. The molecule has 4 aromatic rings. The van der Waals surface area contributed by atoms with E-state index in [-0.39, 0.29) is 5.92 Å². The Bertz CT molecular complexity index is 1170. The average Bonchev–Trinajstić information content (AvgIpc) is 3.47. The van der Waals surface area contributed by atoms with Crippen molar-refractivity contribution in [3.05, 3.63) is 60.4 Å². The van der Waals surface area contributed by atoms with Gasteiger partial charge in [-0.3, -0.25) is 9.67 Å². The molecule has 0 fully saturated rings. The van der Waals surface area contributed by atoms with Crippen LogP contribution < -0.4 is 5.73 Å². The molecule has 4 aromatic heterocycles. The van der Waals surface area contributed by atoms with E-state index in [1.807, 2.05) is 24.5 Å². The SMILES string of the molecule is COCCn1cc(-c2nc(C(C)(c3ccc(-c4ccc(N)nc4)nc3)C(C)C)no2)cn1. The van der Waals surface area contributed by atoms with Crippen molar-refractivity contribution in [2.24, 2.45) is 5.92 Å². The Hall–Kier alpha value is -3.59. The van der Waals surface area contributed by atoms with Crippen LogP contribution in [0.2, 0.25) is 0 Å². The van der Waals surface area contributed by atoms with Gasteiger partial charge in [-0.2, -0.15) is 10.1 Å². The summed E-state index contributed by atoms with van der Waals surface area (Å²) in [6.45, 7) is 7.61. The summed E-state index contributed by atoms with van der Waals surface area (Å²) in [5.74, 6) is 1.72. The topological polar surface area (TPSA) is 118 Å². The van der Waals surface area contributed by atoms with E-state index in [1.165, 1.54) is 0 Å². The number of nitrogen functional groups attached to an aromatic ring is 1. The van der Waals surface area contributed by atoms with Gasteiger partial charge in [0, 0.05) is 31.3 Å². The van der Waals surface area contributed by atoms with Crippen LogP contribution >= 0.6 is 0 Å². The second-order valence-corrected chi connectivity index (χ2v) is 8.17. The zero-order valence-corrected chi connectivity index (χ0v) is 18.7. The Balaban J connectivity index is 1.63. The summed E-state index contributed by atoms with van der Waals surface area (Å²) < 4.78 is 12.5. The third-order valence-electron chi connectivity index (χ3n) is 5.90. The number of methoxy groups -OCH3 is 1. The van der Waals surface area contributed by atoms with E-state index in [4.69, 9.17) is 20.0 Å². The van der Waals surface area contributed by atoms with Gasteiger partial charge in [-0.25, -0.2) is 4.98 Å². The van der Waals surface area contributed by atoms with Crippen molar-refractivity contribution in [3.63, 3.8) is 0 Å². The van der Waals surface area contributed by atoms with Crippen LogP contribution in [0, 0.1) is 5.92 Å². The van der Waals surface area contributed by atoms with E-state index in [0.717, 1.165) is 22.4 Å². The molecule has 4 rings (SSSR count). The number of nitrogens with zero attached hydrogens (tertiary/aromatic N) is 6. The van der Waals surface area contributed by atoms with E-state index in [1.54, 1.807) is 30.3 Å². The molecule has 0 aliphatic carbocycles. The third kappa shape index (κ3) is 4.11. The Morgan fingerprint density at radius 1 is 1.09 bits per heavy atom. The molecule has 0 bridgehead atoms. The van der Waals surface area contributed by atoms with E-state index in [9.17, 15) is 0 Å². The molecule has 0 radical (unpaired) electrons. The molecule has 0 spiro atoms. The first-order valence-corrected chi connectivity index (χ1v) is 10.5. The molecule has 0 saturated carbocycles. The number of ether oxygens (including phenoxy) is 1. The number of hydrogen-bond donors (Lipinski definition) is 1. The lowest BCUT2D eigenvalue weighted by Gasteiger charge is -2.30. The fourth-order valence-corrected chi connectivity index (χ4v) is 3.48. The van der Waals surface area contributed by atoms with Gasteiger partial charge in [-0.05, 0) is 36.6 Å². The Labute approximate surface area is 186 Å². The van der Waals surface area contributed by atoms with Gasteiger partial charge < -0.3 is 15.0 Å². The molecule has 32 heavy (non-hydrogen) atoms. The zero-order chi connectivity index (χ0) is 22.7. The van der Waals surface area contributed by atoms with Crippen LogP contribution in [0.25, 0.3) is 22.7 Å². The van der Waals surface area contributed by atoms with Gasteiger partial charge in [0.25, 0.3) is 5.89 Å². The lowest BCUT2D eigenvalue weighted by Crippen LogP contribution is -2.31. The first-order chi connectivity index (χ1) is 15.4. The number of nitrogens with two attached hydrogens (primary N) is 1. The Kier molecular flexibility index (Phi) is 6.00. The molecule has 0 aliphatic heterocycles. The molecular formula is C23H27N7O2. The van der Waals surface area contributed by atoms with Crippen molar-refractivity contribution in [2.75, 3.05) is 19.5 Å². The van der Waals surface area contributed by atoms with Crippen LogP contribution in [0.5, 0.6) is 0 Å². The molecule has 0 aromatic carbocycles. The highest BCUT2D eigenvalue weighted by molar-refractivity contribution is 5.59. The van der Waals surface area contributed by atoms with Crippen molar-refractivity contribution in [2.45, 2.75) is 32.7 Å². The van der Waals surface area contributed by atoms with Gasteiger partial charge in [0.05, 0.1) is 36.0 Å². The number of pyridine rings is 2. The molecule has 9 heteroatoms. The summed E-state index contributed by atoms with van der Waals surface area (Å²) in [5.41, 5.74) is 8.70. The van der Waals surface area contributed by atoms with Crippen LogP contribution in [0.4, 0.5) is 5.82 Å². The molecule has 0 aliphatic rings. The summed E-state index contributed by atoms with van der Waals surface area (Å²) in [6.07, 6.45) is 7.18. The van der Waals surface area contributed by atoms with E-state index in [2.05, 4.69) is 47.1 Å². The van der Waals surface area contributed by atoms with Crippen molar-refractivity contribution in [3.8, 4) is 22.7 Å². The second kappa shape index (κ2) is 8.88. The van der Waals surface area contributed by atoms with Crippen LogP contribution in [-0.2, 0) is 16.7 Å². The maximum atomic E-state index is 5.69. The minimum atomic E-state index is -0.487. The molecule has 4 heterocycles. The Morgan fingerprint density at radius 3 is 2.59 bits per heavy atom. The summed E-state index contributed by atoms with van der Waals surface area (Å²) in [7, 11) is 1.66. The van der Waals surface area contributed by atoms with Crippen molar-refractivity contribution >= 4 is 5.82 Å². The predicted octanol–water partition coefficient (Wildman–Crippen LogP) is 3.58. The second-order valence-electron chi connectivity index (χ2n) is 8.17. The van der Waals surface area contributed by atoms with Gasteiger partial charge in [0.2, 0.25) is 0 Å². The van der Waals surface area contributed by atoms with E-state index >= 15 is 0 Å². The monoisotopic (exact) mass is 433 g/mol. The summed E-state index contributed by atoms with van der Waals surface area (Å²) >= 11 is 0. The largest absolute Gasteiger partial charge is 0.384 e. The van der Waals surface area contributed by atoms with Crippen LogP contribution in [0.15, 0.2) is 53.6 Å². The fourth-order valence-electron chi connectivity index (χ4n) is 3.48. The highest BCUT2D eigenvalue weighted by Crippen LogP contribution is 2.38. The molecule has 0 saturated heterocycles. The zero-order valence-electron chi connectivity index (χ0n) is 18.7. The molecule has 9 nitrogen and oxygen atoms in total. The molecular weight excluding hydrogens is 406 g/mol. The number of anilines is 1. The summed E-state index contributed by atoms with van der Waals surface area (Å²) in [5, 5.41) is 8.65. The lowest BCUT2D eigenvalue weighted by atomic mass is 9.73. The molecule has 166 valence electrons. The number of rotatable bonds is 8. The number of aromatic nitrogens is 6. The van der Waals surface area contributed by atoms with Crippen LogP contribution in [0.3, 0.4) is 0 Å². The van der Waals surface area contributed by atoms with Gasteiger partial charge in [0.1, 0.15) is 5.82 Å². The molecule has 0 amide bonds. The van der Waals surface area contributed by atoms with Crippen LogP contribution in [0.1, 0.15) is 32.2 Å². The predicted molar refractivity (Wildman–Crippen MR) is 121 cm³/mol. The third-order valence-corrected chi connectivity index (χ3v) is 5.90. The van der Waals surface area contributed by atoms with Crippen molar-refractivity contribution < 1.29 is 9.26 Å². The van der Waals surface area contributed by atoms with Gasteiger partial charge >= 0.3 is 0 Å².